The molecule has 0 radical (unpaired) electrons. The lowest BCUT2D eigenvalue weighted by Gasteiger charge is -2.42. The SMILES string of the molecule is O=c1[nH]c2c(c(=O)[nH]1)C[C@]1(Br)CCCO[C@@H]1O2. The van der Waals surface area contributed by atoms with Gasteiger partial charge in [0.25, 0.3) is 5.56 Å². The van der Waals surface area contributed by atoms with Crippen molar-refractivity contribution in [3.05, 3.63) is 26.4 Å². The molecule has 2 aliphatic rings. The number of aromatic nitrogens is 2. The molecule has 1 aromatic heterocycles. The van der Waals surface area contributed by atoms with Crippen LogP contribution in [0.3, 0.4) is 0 Å². The van der Waals surface area contributed by atoms with Crippen molar-refractivity contribution in [2.45, 2.75) is 29.9 Å². The number of halogens is 1. The van der Waals surface area contributed by atoms with E-state index in [0.717, 1.165) is 12.8 Å². The molecule has 6 nitrogen and oxygen atoms in total. The summed E-state index contributed by atoms with van der Waals surface area (Å²) in [5.41, 5.74) is -0.499. The van der Waals surface area contributed by atoms with Gasteiger partial charge in [0, 0.05) is 6.42 Å². The minimum atomic E-state index is -0.563. The zero-order valence-corrected chi connectivity index (χ0v) is 10.5. The van der Waals surface area contributed by atoms with E-state index in [1.54, 1.807) is 0 Å². The Labute approximate surface area is 104 Å². The van der Waals surface area contributed by atoms with Crippen LogP contribution in [0.15, 0.2) is 9.59 Å². The van der Waals surface area contributed by atoms with E-state index in [0.29, 0.717) is 18.6 Å². The van der Waals surface area contributed by atoms with Crippen LogP contribution in [-0.2, 0) is 11.2 Å². The summed E-state index contributed by atoms with van der Waals surface area (Å²) in [6, 6.07) is 0. The van der Waals surface area contributed by atoms with Crippen molar-refractivity contribution >= 4 is 15.9 Å². The van der Waals surface area contributed by atoms with E-state index < -0.39 is 17.5 Å². The van der Waals surface area contributed by atoms with Gasteiger partial charge in [-0.3, -0.25) is 14.8 Å². The first-order valence-corrected chi connectivity index (χ1v) is 6.20. The number of alkyl halides is 1. The van der Waals surface area contributed by atoms with Gasteiger partial charge in [0.2, 0.25) is 12.2 Å². The topological polar surface area (TPSA) is 84.2 Å². The highest BCUT2D eigenvalue weighted by Gasteiger charge is 2.46. The first kappa shape index (κ1) is 11.0. The summed E-state index contributed by atoms with van der Waals surface area (Å²) in [6.07, 6.45) is 1.82. The predicted octanol–water partition coefficient (Wildman–Crippen LogP) is 0.268. The van der Waals surface area contributed by atoms with Crippen LogP contribution >= 0.6 is 15.9 Å². The van der Waals surface area contributed by atoms with Crippen molar-refractivity contribution in [2.24, 2.45) is 0 Å². The quantitative estimate of drug-likeness (QED) is 0.674. The number of ether oxygens (including phenoxy) is 2. The van der Waals surface area contributed by atoms with Crippen LogP contribution in [0.5, 0.6) is 5.88 Å². The summed E-state index contributed by atoms with van der Waals surface area (Å²) in [5.74, 6) is 0.223. The maximum absolute atomic E-state index is 11.7. The molecule has 3 heterocycles. The van der Waals surface area contributed by atoms with E-state index in [-0.39, 0.29) is 10.2 Å². The number of aromatic amines is 2. The molecule has 2 N–H and O–H groups in total. The third kappa shape index (κ3) is 1.73. The molecule has 2 atom stereocenters. The molecule has 0 amide bonds. The highest BCUT2D eigenvalue weighted by Crippen LogP contribution is 2.41. The molecule has 1 aromatic rings. The summed E-state index contributed by atoms with van der Waals surface area (Å²) in [4.78, 5) is 27.5. The lowest BCUT2D eigenvalue weighted by Crippen LogP contribution is -2.52. The average Bonchev–Trinajstić information content (AvgIpc) is 2.27. The highest BCUT2D eigenvalue weighted by atomic mass is 79.9. The van der Waals surface area contributed by atoms with Gasteiger partial charge in [0.1, 0.15) is 0 Å². The summed E-state index contributed by atoms with van der Waals surface area (Å²) >= 11 is 3.60. The van der Waals surface area contributed by atoms with E-state index in [9.17, 15) is 9.59 Å². The van der Waals surface area contributed by atoms with Crippen LogP contribution in [0.25, 0.3) is 0 Å². The molecule has 2 aliphatic heterocycles. The van der Waals surface area contributed by atoms with Gasteiger partial charge >= 0.3 is 5.69 Å². The molecule has 0 aromatic carbocycles. The number of rotatable bonds is 0. The zero-order valence-electron chi connectivity index (χ0n) is 8.92. The third-order valence-electron chi connectivity index (χ3n) is 3.13. The number of nitrogens with one attached hydrogen (secondary N) is 2. The van der Waals surface area contributed by atoms with Gasteiger partial charge in [-0.2, -0.15) is 0 Å². The molecule has 1 fully saturated rings. The van der Waals surface area contributed by atoms with Crippen LogP contribution < -0.4 is 16.0 Å². The van der Waals surface area contributed by atoms with Gasteiger partial charge in [-0.05, 0) is 12.8 Å². The lowest BCUT2D eigenvalue weighted by atomic mass is 9.91. The van der Waals surface area contributed by atoms with Crippen LogP contribution in [0.4, 0.5) is 0 Å². The van der Waals surface area contributed by atoms with Crippen molar-refractivity contribution in [1.29, 1.82) is 0 Å². The molecular weight excluding hydrogens is 292 g/mol. The molecule has 1 saturated heterocycles. The fourth-order valence-electron chi connectivity index (χ4n) is 2.29. The molecule has 7 heteroatoms. The van der Waals surface area contributed by atoms with Gasteiger partial charge in [0.15, 0.2) is 0 Å². The summed E-state index contributed by atoms with van der Waals surface area (Å²) in [5, 5.41) is 0. The maximum atomic E-state index is 11.7. The molecule has 0 saturated carbocycles. The molecule has 17 heavy (non-hydrogen) atoms. The van der Waals surface area contributed by atoms with Crippen molar-refractivity contribution in [1.82, 2.24) is 9.97 Å². The Morgan fingerprint density at radius 1 is 1.35 bits per heavy atom. The van der Waals surface area contributed by atoms with Gasteiger partial charge in [-0.1, -0.05) is 15.9 Å². The van der Waals surface area contributed by atoms with Gasteiger partial charge < -0.3 is 9.47 Å². The van der Waals surface area contributed by atoms with E-state index in [4.69, 9.17) is 9.47 Å². The van der Waals surface area contributed by atoms with Gasteiger partial charge in [-0.15, -0.1) is 0 Å². The normalized spacial score (nSPS) is 31.2. The summed E-state index contributed by atoms with van der Waals surface area (Å²) in [7, 11) is 0. The van der Waals surface area contributed by atoms with Crippen molar-refractivity contribution in [3.8, 4) is 5.88 Å². The summed E-state index contributed by atoms with van der Waals surface area (Å²) < 4.78 is 10.7. The Morgan fingerprint density at radius 2 is 2.18 bits per heavy atom. The zero-order chi connectivity index (χ0) is 12.0. The van der Waals surface area contributed by atoms with Gasteiger partial charge in [-0.25, -0.2) is 4.79 Å². The van der Waals surface area contributed by atoms with Crippen molar-refractivity contribution in [2.75, 3.05) is 6.61 Å². The largest absolute Gasteiger partial charge is 0.448 e. The fraction of sp³-hybridized carbons (Fsp3) is 0.600. The van der Waals surface area contributed by atoms with Crippen LogP contribution in [-0.4, -0.2) is 27.2 Å². The third-order valence-corrected chi connectivity index (χ3v) is 4.18. The monoisotopic (exact) mass is 302 g/mol. The number of hydrogen-bond donors (Lipinski definition) is 2. The number of hydrogen-bond acceptors (Lipinski definition) is 4. The van der Waals surface area contributed by atoms with E-state index in [1.165, 1.54) is 0 Å². The standard InChI is InChI=1S/C10H11BrN2O4/c11-10-2-1-3-16-8(10)17-7-5(4-10)6(14)12-9(15)13-7/h8H,1-4H2,(H2,12,13,14,15)/t8-,10-/m1/s1. The van der Waals surface area contributed by atoms with E-state index >= 15 is 0 Å². The van der Waals surface area contributed by atoms with E-state index in [1.807, 2.05) is 0 Å². The Bertz CT molecular complexity index is 566. The second kappa shape index (κ2) is 3.71. The maximum Gasteiger partial charge on any atom is 0.328 e. The first-order chi connectivity index (χ1) is 8.08. The molecule has 0 aliphatic carbocycles. The Kier molecular flexibility index (Phi) is 2.41. The highest BCUT2D eigenvalue weighted by molar-refractivity contribution is 9.10. The predicted molar refractivity (Wildman–Crippen MR) is 62.6 cm³/mol. The van der Waals surface area contributed by atoms with Crippen molar-refractivity contribution < 1.29 is 9.47 Å². The Hall–Kier alpha value is -1.08. The number of fused-ring (bicyclic) bond motifs is 2. The van der Waals surface area contributed by atoms with Crippen molar-refractivity contribution in [3.63, 3.8) is 0 Å². The smallest absolute Gasteiger partial charge is 0.328 e. The van der Waals surface area contributed by atoms with E-state index in [2.05, 4.69) is 25.9 Å². The molecule has 0 unspecified atom stereocenters. The molecule has 92 valence electrons. The van der Waals surface area contributed by atoms with Gasteiger partial charge in [0.05, 0.1) is 16.5 Å². The summed E-state index contributed by atoms with van der Waals surface area (Å²) in [6.45, 7) is 0.626. The molecule has 0 spiro atoms. The van der Waals surface area contributed by atoms with Crippen LogP contribution in [0, 0.1) is 0 Å². The average molecular weight is 303 g/mol. The minimum absolute atomic E-state index is 0.223. The second-order valence-corrected chi connectivity index (χ2v) is 5.93. The Balaban J connectivity index is 2.10. The number of H-pyrrole nitrogens is 2. The minimum Gasteiger partial charge on any atom is -0.448 e. The fourth-order valence-corrected chi connectivity index (χ4v) is 3.07. The molecular formula is C10H11BrN2O4. The Morgan fingerprint density at radius 3 is 3.00 bits per heavy atom. The van der Waals surface area contributed by atoms with Crippen LogP contribution in [0.2, 0.25) is 0 Å². The molecule has 3 rings (SSSR count). The van der Waals surface area contributed by atoms with Crippen LogP contribution in [0.1, 0.15) is 18.4 Å². The first-order valence-electron chi connectivity index (χ1n) is 5.41. The lowest BCUT2D eigenvalue weighted by molar-refractivity contribution is -0.135. The molecule has 0 bridgehead atoms. The second-order valence-electron chi connectivity index (χ2n) is 4.35.